The molecular weight excluding hydrogens is 360 g/mol. The van der Waals surface area contributed by atoms with Crippen LogP contribution in [0.1, 0.15) is 30.2 Å². The lowest BCUT2D eigenvalue weighted by Gasteiger charge is -2.35. The van der Waals surface area contributed by atoms with Crippen molar-refractivity contribution in [3.63, 3.8) is 0 Å². The van der Waals surface area contributed by atoms with Crippen LogP contribution in [0.3, 0.4) is 0 Å². The van der Waals surface area contributed by atoms with E-state index in [1.165, 1.54) is 28.7 Å². The van der Waals surface area contributed by atoms with Crippen molar-refractivity contribution in [1.82, 2.24) is 14.9 Å². The molecule has 1 aliphatic heterocycles. The number of rotatable bonds is 2. The molecule has 0 bridgehead atoms. The number of amides is 1. The predicted molar refractivity (Wildman–Crippen MR) is 99.9 cm³/mol. The zero-order valence-electron chi connectivity index (χ0n) is 14.3. The van der Waals surface area contributed by atoms with Crippen molar-refractivity contribution in [3.8, 4) is 0 Å². The summed E-state index contributed by atoms with van der Waals surface area (Å²) in [5.41, 5.74) is 1.41. The third kappa shape index (κ3) is 3.15. The summed E-state index contributed by atoms with van der Waals surface area (Å²) < 4.78 is 5.10. The van der Waals surface area contributed by atoms with E-state index in [-0.39, 0.29) is 6.09 Å². The minimum atomic E-state index is -0.235. The highest BCUT2D eigenvalue weighted by Gasteiger charge is 2.27. The summed E-state index contributed by atoms with van der Waals surface area (Å²) in [6, 6.07) is 0. The Kier molecular flexibility index (Phi) is 4.69. The van der Waals surface area contributed by atoms with Crippen molar-refractivity contribution in [2.75, 3.05) is 37.7 Å². The smallest absolute Gasteiger partial charge is 0.409 e. The third-order valence-electron chi connectivity index (χ3n) is 4.87. The van der Waals surface area contributed by atoms with Gasteiger partial charge in [-0.25, -0.2) is 9.78 Å². The monoisotopic (exact) mass is 380 g/mol. The summed E-state index contributed by atoms with van der Waals surface area (Å²) in [6.45, 7) is 4.95. The van der Waals surface area contributed by atoms with Gasteiger partial charge in [0.2, 0.25) is 5.28 Å². The van der Waals surface area contributed by atoms with Crippen LogP contribution < -0.4 is 4.90 Å². The zero-order valence-corrected chi connectivity index (χ0v) is 15.8. The molecule has 1 saturated heterocycles. The van der Waals surface area contributed by atoms with Gasteiger partial charge in [-0.15, -0.1) is 11.3 Å². The molecule has 1 amide bonds. The first-order valence-corrected chi connectivity index (χ1v) is 10.0. The van der Waals surface area contributed by atoms with Crippen LogP contribution in [0.4, 0.5) is 10.6 Å². The highest BCUT2D eigenvalue weighted by atomic mass is 35.5. The van der Waals surface area contributed by atoms with Gasteiger partial charge in [0.05, 0.1) is 12.0 Å². The largest absolute Gasteiger partial charge is 0.450 e. The standard InChI is InChI=1S/C17H21ClN4O2S/c1-2-24-17(23)22-9-7-21(8-10-22)14-13-11-5-3-4-6-12(11)25-15(13)20-16(18)19-14/h2-10H2,1H3. The molecule has 1 aliphatic carbocycles. The SMILES string of the molecule is CCOC(=O)N1CCN(c2nc(Cl)nc3sc4c(c23)CCCC4)CC1. The van der Waals surface area contributed by atoms with Crippen LogP contribution in [0.15, 0.2) is 0 Å². The van der Waals surface area contributed by atoms with Crippen LogP contribution >= 0.6 is 22.9 Å². The van der Waals surface area contributed by atoms with Crippen LogP contribution in [0.5, 0.6) is 0 Å². The highest BCUT2D eigenvalue weighted by molar-refractivity contribution is 7.19. The first-order chi connectivity index (χ1) is 12.2. The third-order valence-corrected chi connectivity index (χ3v) is 6.23. The van der Waals surface area contributed by atoms with Crippen molar-refractivity contribution in [1.29, 1.82) is 0 Å². The van der Waals surface area contributed by atoms with Gasteiger partial charge in [-0.1, -0.05) is 0 Å². The fraction of sp³-hybridized carbons (Fsp3) is 0.588. The molecule has 0 spiro atoms. The first-order valence-electron chi connectivity index (χ1n) is 8.81. The summed E-state index contributed by atoms with van der Waals surface area (Å²) in [5, 5.41) is 1.47. The fourth-order valence-corrected chi connectivity index (χ4v) is 5.13. The first kappa shape index (κ1) is 16.8. The highest BCUT2D eigenvalue weighted by Crippen LogP contribution is 2.40. The number of aromatic nitrogens is 2. The molecule has 2 aliphatic rings. The van der Waals surface area contributed by atoms with Crippen molar-refractivity contribution < 1.29 is 9.53 Å². The van der Waals surface area contributed by atoms with E-state index in [1.54, 1.807) is 16.2 Å². The van der Waals surface area contributed by atoms with Crippen LogP contribution in [-0.2, 0) is 17.6 Å². The van der Waals surface area contributed by atoms with E-state index in [9.17, 15) is 4.79 Å². The quantitative estimate of drug-likeness (QED) is 0.746. The Morgan fingerprint density at radius 3 is 2.72 bits per heavy atom. The second-order valence-corrected chi connectivity index (χ2v) is 7.80. The van der Waals surface area contributed by atoms with Crippen LogP contribution in [0.25, 0.3) is 10.2 Å². The van der Waals surface area contributed by atoms with Crippen LogP contribution in [-0.4, -0.2) is 53.7 Å². The number of carbonyl (C=O) groups excluding carboxylic acids is 1. The molecule has 0 saturated carbocycles. The van der Waals surface area contributed by atoms with Crippen molar-refractivity contribution in [2.24, 2.45) is 0 Å². The van der Waals surface area contributed by atoms with Crippen LogP contribution in [0, 0.1) is 0 Å². The summed E-state index contributed by atoms with van der Waals surface area (Å²) >= 11 is 7.96. The minimum Gasteiger partial charge on any atom is -0.450 e. The lowest BCUT2D eigenvalue weighted by Crippen LogP contribution is -2.49. The summed E-state index contributed by atoms with van der Waals surface area (Å²) in [7, 11) is 0. The maximum absolute atomic E-state index is 11.9. The number of hydrogen-bond acceptors (Lipinski definition) is 6. The number of aryl methyl sites for hydroxylation is 2. The lowest BCUT2D eigenvalue weighted by atomic mass is 9.97. The number of thiophene rings is 1. The molecule has 0 radical (unpaired) electrons. The van der Waals surface area contributed by atoms with Crippen LogP contribution in [0.2, 0.25) is 5.28 Å². The lowest BCUT2D eigenvalue weighted by molar-refractivity contribution is 0.105. The molecule has 0 N–H and O–H groups in total. The Bertz CT molecular complexity index is 802. The Balaban J connectivity index is 1.63. The van der Waals surface area contributed by atoms with Crippen molar-refractivity contribution >= 4 is 45.1 Å². The molecule has 2 aromatic heterocycles. The van der Waals surface area contributed by atoms with E-state index in [0.717, 1.165) is 36.6 Å². The average Bonchev–Trinajstić information content (AvgIpc) is 2.99. The van der Waals surface area contributed by atoms with E-state index in [0.29, 0.717) is 25.0 Å². The van der Waals surface area contributed by atoms with E-state index in [2.05, 4.69) is 14.9 Å². The van der Waals surface area contributed by atoms with Gasteiger partial charge < -0.3 is 14.5 Å². The molecule has 8 heteroatoms. The van der Waals surface area contributed by atoms with Gasteiger partial charge in [0.15, 0.2) is 0 Å². The summed E-state index contributed by atoms with van der Waals surface area (Å²) in [4.78, 5) is 27.3. The van der Waals surface area contributed by atoms with Crippen molar-refractivity contribution in [2.45, 2.75) is 32.6 Å². The molecule has 1 fully saturated rings. The molecule has 4 rings (SSSR count). The van der Waals surface area contributed by atoms with E-state index in [4.69, 9.17) is 16.3 Å². The van der Waals surface area contributed by atoms with E-state index in [1.807, 2.05) is 6.92 Å². The second kappa shape index (κ2) is 6.96. The second-order valence-electron chi connectivity index (χ2n) is 6.38. The van der Waals surface area contributed by atoms with Gasteiger partial charge in [-0.3, -0.25) is 0 Å². The molecule has 25 heavy (non-hydrogen) atoms. The normalized spacial score (nSPS) is 17.7. The summed E-state index contributed by atoms with van der Waals surface area (Å²) in [5.74, 6) is 0.929. The molecule has 6 nitrogen and oxygen atoms in total. The average molecular weight is 381 g/mol. The number of anilines is 1. The molecule has 0 aromatic carbocycles. The Morgan fingerprint density at radius 1 is 1.20 bits per heavy atom. The molecule has 0 atom stereocenters. The Morgan fingerprint density at radius 2 is 1.96 bits per heavy atom. The number of hydrogen-bond donors (Lipinski definition) is 0. The zero-order chi connectivity index (χ0) is 17.4. The van der Waals surface area contributed by atoms with Gasteiger partial charge in [-0.05, 0) is 49.8 Å². The number of ether oxygens (including phenoxy) is 1. The Hall–Kier alpha value is -1.60. The van der Waals surface area contributed by atoms with E-state index >= 15 is 0 Å². The molecule has 134 valence electrons. The maximum atomic E-state index is 11.9. The number of fused-ring (bicyclic) bond motifs is 3. The summed E-state index contributed by atoms with van der Waals surface area (Å²) in [6.07, 6.45) is 4.45. The Labute approximate surface area is 155 Å². The number of piperazine rings is 1. The number of halogens is 1. The minimum absolute atomic E-state index is 0.235. The maximum Gasteiger partial charge on any atom is 0.409 e. The van der Waals surface area contributed by atoms with Gasteiger partial charge in [0.1, 0.15) is 10.6 Å². The molecule has 0 unspecified atom stereocenters. The van der Waals surface area contributed by atoms with Gasteiger partial charge in [0.25, 0.3) is 0 Å². The fourth-order valence-electron chi connectivity index (χ4n) is 3.66. The molecular formula is C17H21ClN4O2S. The van der Waals surface area contributed by atoms with Gasteiger partial charge >= 0.3 is 6.09 Å². The molecule has 3 heterocycles. The van der Waals surface area contributed by atoms with Crippen molar-refractivity contribution in [3.05, 3.63) is 15.7 Å². The topological polar surface area (TPSA) is 58.6 Å². The number of nitrogens with zero attached hydrogens (tertiary/aromatic N) is 4. The number of carbonyl (C=O) groups is 1. The van der Waals surface area contributed by atoms with Gasteiger partial charge in [0, 0.05) is 31.1 Å². The predicted octanol–water partition coefficient (Wildman–Crippen LogP) is 3.50. The van der Waals surface area contributed by atoms with Gasteiger partial charge in [-0.2, -0.15) is 4.98 Å². The van der Waals surface area contributed by atoms with E-state index < -0.39 is 0 Å². The molecule has 2 aromatic rings.